The van der Waals surface area contributed by atoms with Crippen LogP contribution < -0.4 is 38.9 Å². The largest absolute Gasteiger partial charge is 0.394 e. The van der Waals surface area contributed by atoms with Gasteiger partial charge in [0.25, 0.3) is 5.91 Å². The zero-order chi connectivity index (χ0) is 39.9. The number of carbonyl (C=O) groups is 2. The van der Waals surface area contributed by atoms with Gasteiger partial charge in [0, 0.05) is 25.2 Å². The van der Waals surface area contributed by atoms with Gasteiger partial charge in [-0.15, -0.1) is 0 Å². The Morgan fingerprint density at radius 2 is 1.58 bits per heavy atom. The van der Waals surface area contributed by atoms with Crippen LogP contribution in [0.1, 0.15) is 76.8 Å². The number of carbonyl (C=O) groups excluding carboxylic acids is 2. The van der Waals surface area contributed by atoms with E-state index in [0.717, 1.165) is 68.9 Å². The normalized spacial score (nSPS) is 15.1. The number of halogens is 1. The molecule has 2 aromatic carbocycles. The zero-order valence-electron chi connectivity index (χ0n) is 31.0. The number of unbranched alkanes of at least 4 members (excludes halogenated alkanes) is 1. The van der Waals surface area contributed by atoms with Crippen molar-refractivity contribution in [3.63, 3.8) is 0 Å². The number of nitrogen functional groups attached to an aromatic ring is 2. The van der Waals surface area contributed by atoms with Gasteiger partial charge in [0.05, 0.1) is 24.9 Å². The highest BCUT2D eigenvalue weighted by atomic mass is 35.5. The molecule has 4 rings (SSSR count). The van der Waals surface area contributed by atoms with E-state index in [2.05, 4.69) is 43.0 Å². The Morgan fingerprint density at radius 1 is 0.891 bits per heavy atom. The smallest absolute Gasteiger partial charge is 0.280 e. The molecule has 55 heavy (non-hydrogen) atoms. The predicted octanol–water partition coefficient (Wildman–Crippen LogP) is 0.736. The van der Waals surface area contributed by atoms with Gasteiger partial charge in [0.15, 0.2) is 28.4 Å². The molecular formula is C38H55ClN10O6. The van der Waals surface area contributed by atoms with Crippen molar-refractivity contribution in [1.82, 2.24) is 20.6 Å². The average Bonchev–Trinajstić information content (AvgIpc) is 3.16. The number of anilines is 3. The lowest BCUT2D eigenvalue weighted by Gasteiger charge is -2.24. The van der Waals surface area contributed by atoms with Gasteiger partial charge in [-0.25, -0.2) is 9.97 Å². The second kappa shape index (κ2) is 21.6. The van der Waals surface area contributed by atoms with E-state index in [1.807, 2.05) is 24.3 Å². The monoisotopic (exact) mass is 782 g/mol. The van der Waals surface area contributed by atoms with Crippen LogP contribution in [-0.2, 0) is 36.9 Å². The van der Waals surface area contributed by atoms with E-state index in [0.29, 0.717) is 25.2 Å². The first-order valence-electron chi connectivity index (χ1n) is 18.7. The van der Waals surface area contributed by atoms with Crippen molar-refractivity contribution in [3.8, 4) is 0 Å². The van der Waals surface area contributed by atoms with Gasteiger partial charge in [-0.3, -0.25) is 19.9 Å². The number of nitrogens with two attached hydrogens (primary N) is 4. The molecule has 0 saturated heterocycles. The second-order valence-electron chi connectivity index (χ2n) is 13.9. The number of guanidine groups is 1. The molecule has 2 amide bonds. The molecule has 3 aromatic rings. The van der Waals surface area contributed by atoms with Crippen molar-refractivity contribution in [2.45, 2.75) is 95.0 Å². The number of hydrogen-bond acceptors (Lipinski definition) is 13. The van der Waals surface area contributed by atoms with Crippen LogP contribution in [0.3, 0.4) is 0 Å². The van der Waals surface area contributed by atoms with Crippen molar-refractivity contribution >= 4 is 46.7 Å². The summed E-state index contributed by atoms with van der Waals surface area (Å²) in [6, 6.07) is 11.2. The molecule has 0 radical (unpaired) electrons. The Hall–Kier alpha value is -4.42. The molecular weight excluding hydrogens is 728 g/mol. The highest BCUT2D eigenvalue weighted by Crippen LogP contribution is 2.30. The van der Waals surface area contributed by atoms with Gasteiger partial charge in [-0.1, -0.05) is 35.9 Å². The highest BCUT2D eigenvalue weighted by molar-refractivity contribution is 6.31. The molecule has 1 aliphatic rings. The maximum Gasteiger partial charge on any atom is 0.280 e. The number of fused-ring (bicyclic) bond motifs is 1. The summed E-state index contributed by atoms with van der Waals surface area (Å²) >= 11 is 5.86. The van der Waals surface area contributed by atoms with Gasteiger partial charge in [0.1, 0.15) is 6.10 Å². The Morgan fingerprint density at radius 3 is 2.29 bits per heavy atom. The van der Waals surface area contributed by atoms with Gasteiger partial charge in [0.2, 0.25) is 5.91 Å². The number of aryl methyl sites for hydroxylation is 2. The van der Waals surface area contributed by atoms with Crippen LogP contribution in [0.4, 0.5) is 17.3 Å². The summed E-state index contributed by atoms with van der Waals surface area (Å²) in [5, 5.41) is 46.4. The zero-order valence-corrected chi connectivity index (χ0v) is 31.8. The molecule has 300 valence electrons. The number of aliphatic hydroxyl groups is 4. The molecule has 15 N–H and O–H groups in total. The fraction of sp³-hybridized carbons (Fsp3) is 0.500. The summed E-state index contributed by atoms with van der Waals surface area (Å²) in [6.45, 7) is 0.778. The van der Waals surface area contributed by atoms with Crippen molar-refractivity contribution in [2.24, 2.45) is 16.5 Å². The molecule has 0 saturated carbocycles. The van der Waals surface area contributed by atoms with Gasteiger partial charge >= 0.3 is 0 Å². The maximum absolute atomic E-state index is 13.1. The van der Waals surface area contributed by atoms with Crippen LogP contribution in [0.15, 0.2) is 41.4 Å². The minimum atomic E-state index is -1.27. The highest BCUT2D eigenvalue weighted by Gasteiger charge is 2.22. The van der Waals surface area contributed by atoms with Gasteiger partial charge < -0.3 is 54.0 Å². The fourth-order valence-electron chi connectivity index (χ4n) is 6.54. The molecule has 0 unspecified atom stereocenters. The standard InChI is InChI=1S/C38H55ClN10O6/c39-33-35(42)48-34(41)32(47-33)37(55)49-38(43)45-17-4-3-7-23-12-13-24(28-9-2-1-8-27(23)28)18-29(40)36(54)46-25-14-10-22(11-15-25)6-5-16-44-20-26(51)19-30(52)31(53)21-50/h10-15,26,29-31,44,50-53H,1-9,16-21,40H2,(H,46,54)(H4,41,42,48)(H3,43,45,49,55)/t26-,29+,30+,31-/m1/s1. The summed E-state index contributed by atoms with van der Waals surface area (Å²) in [5.41, 5.74) is 30.3. The summed E-state index contributed by atoms with van der Waals surface area (Å²) in [6.07, 6.45) is 5.38. The Kier molecular flexibility index (Phi) is 17.0. The first-order chi connectivity index (χ1) is 26.4. The van der Waals surface area contributed by atoms with Crippen LogP contribution in [-0.4, -0.2) is 98.8 Å². The molecule has 1 aliphatic carbocycles. The number of hydrogen-bond donors (Lipinski definition) is 11. The van der Waals surface area contributed by atoms with Crippen LogP contribution in [0.2, 0.25) is 5.15 Å². The summed E-state index contributed by atoms with van der Waals surface area (Å²) in [7, 11) is 0. The van der Waals surface area contributed by atoms with Crippen molar-refractivity contribution in [1.29, 1.82) is 0 Å². The first kappa shape index (κ1) is 43.3. The van der Waals surface area contributed by atoms with Crippen LogP contribution in [0, 0.1) is 0 Å². The van der Waals surface area contributed by atoms with Crippen LogP contribution in [0.5, 0.6) is 0 Å². The Bertz CT molecular complexity index is 1760. The Labute approximate surface area is 326 Å². The van der Waals surface area contributed by atoms with E-state index < -0.39 is 36.9 Å². The van der Waals surface area contributed by atoms with E-state index in [-0.39, 0.29) is 47.3 Å². The lowest BCUT2D eigenvalue weighted by atomic mass is 9.82. The molecule has 1 aromatic heterocycles. The molecule has 4 atom stereocenters. The van der Waals surface area contributed by atoms with E-state index >= 15 is 0 Å². The fourth-order valence-corrected chi connectivity index (χ4v) is 6.67. The van der Waals surface area contributed by atoms with Crippen LogP contribution in [0.25, 0.3) is 0 Å². The number of amides is 2. The number of nitrogens with zero attached hydrogens (tertiary/aromatic N) is 3. The maximum atomic E-state index is 13.1. The molecule has 1 heterocycles. The third kappa shape index (κ3) is 13.4. The predicted molar refractivity (Wildman–Crippen MR) is 214 cm³/mol. The summed E-state index contributed by atoms with van der Waals surface area (Å²) < 4.78 is 0. The number of benzene rings is 2. The van der Waals surface area contributed by atoms with E-state index in [4.69, 9.17) is 39.6 Å². The lowest BCUT2D eigenvalue weighted by Crippen LogP contribution is -2.38. The molecule has 16 nitrogen and oxygen atoms in total. The topological polar surface area (TPSA) is 293 Å². The van der Waals surface area contributed by atoms with Crippen LogP contribution >= 0.6 is 11.6 Å². The lowest BCUT2D eigenvalue weighted by molar-refractivity contribution is -0.117. The summed E-state index contributed by atoms with van der Waals surface area (Å²) in [5.74, 6) is -1.23. The molecule has 0 fully saturated rings. The molecule has 0 bridgehead atoms. The minimum Gasteiger partial charge on any atom is -0.394 e. The average molecular weight is 783 g/mol. The molecule has 0 spiro atoms. The van der Waals surface area contributed by atoms with E-state index in [1.165, 1.54) is 16.7 Å². The summed E-state index contributed by atoms with van der Waals surface area (Å²) in [4.78, 5) is 37.5. The van der Waals surface area contributed by atoms with Gasteiger partial charge in [-0.2, -0.15) is 0 Å². The van der Waals surface area contributed by atoms with E-state index in [9.17, 15) is 24.9 Å². The number of aliphatic imine (C=N–C) groups is 1. The van der Waals surface area contributed by atoms with E-state index in [1.54, 1.807) is 0 Å². The van der Waals surface area contributed by atoms with Crippen molar-refractivity contribution < 1.29 is 30.0 Å². The minimum absolute atomic E-state index is 0.0274. The second-order valence-corrected chi connectivity index (χ2v) is 14.2. The van der Waals surface area contributed by atoms with Gasteiger partial charge in [-0.05, 0) is 111 Å². The molecule has 0 aliphatic heterocycles. The number of aliphatic hydroxyl groups excluding tert-OH is 4. The first-order valence-corrected chi connectivity index (χ1v) is 19.1. The number of nitrogens with one attached hydrogen (secondary N) is 3. The number of rotatable bonds is 20. The number of aromatic nitrogens is 2. The SMILES string of the molecule is NC(=NCCCCc1ccc(C[C@H](N)C(=O)Nc2ccc(CCCNC[C@H](O)C[C@H](O)[C@H](O)CO)cc2)c2c1CCCC2)NC(=O)c1nc(Cl)c(N)nc1N. The van der Waals surface area contributed by atoms with Crippen molar-refractivity contribution in [2.75, 3.05) is 43.0 Å². The third-order valence-electron chi connectivity index (χ3n) is 9.57. The molecule has 17 heteroatoms. The third-order valence-corrected chi connectivity index (χ3v) is 9.85. The Balaban J connectivity index is 1.20. The quantitative estimate of drug-likeness (QED) is 0.0429. The van der Waals surface area contributed by atoms with Crippen molar-refractivity contribution in [3.05, 3.63) is 75.1 Å².